The van der Waals surface area contributed by atoms with Gasteiger partial charge in [0, 0.05) is 4.47 Å². The second-order valence-corrected chi connectivity index (χ2v) is 5.23. The summed E-state index contributed by atoms with van der Waals surface area (Å²) < 4.78 is 0.933. The zero-order valence-corrected chi connectivity index (χ0v) is 12.2. The van der Waals surface area contributed by atoms with Gasteiger partial charge in [-0.15, -0.1) is 0 Å². The van der Waals surface area contributed by atoms with Crippen LogP contribution in [-0.4, -0.2) is 21.1 Å². The molecule has 2 rings (SSSR count). The fourth-order valence-corrected chi connectivity index (χ4v) is 2.19. The second kappa shape index (κ2) is 5.94. The number of hydrogen-bond acceptors (Lipinski definition) is 3. The molecular weight excluding hydrogens is 328 g/mol. The summed E-state index contributed by atoms with van der Waals surface area (Å²) in [6, 6.07) is 7.55. The number of halogens is 1. The maximum atomic E-state index is 11.9. The van der Waals surface area contributed by atoms with Crippen LogP contribution in [0.4, 0.5) is 5.82 Å². The van der Waals surface area contributed by atoms with Crippen LogP contribution in [0.2, 0.25) is 0 Å². The number of carbonyl (C=O) groups excluding carboxylic acids is 1. The van der Waals surface area contributed by atoms with Gasteiger partial charge in [-0.1, -0.05) is 40.3 Å². The molecule has 0 unspecified atom stereocenters. The van der Waals surface area contributed by atoms with E-state index in [0.29, 0.717) is 11.4 Å². The number of H-pyrrole nitrogens is 1. The first kappa shape index (κ1) is 13.7. The van der Waals surface area contributed by atoms with Crippen LogP contribution >= 0.6 is 28.1 Å². The first-order chi connectivity index (χ1) is 9.06. The van der Waals surface area contributed by atoms with Gasteiger partial charge in [0.15, 0.2) is 0 Å². The summed E-state index contributed by atoms with van der Waals surface area (Å²) in [4.78, 5) is 12.1. The lowest BCUT2D eigenvalue weighted by Crippen LogP contribution is -2.18. The number of amides is 1. The van der Waals surface area contributed by atoms with Crippen molar-refractivity contribution in [2.75, 3.05) is 5.32 Å². The van der Waals surface area contributed by atoms with Crippen LogP contribution in [0.5, 0.6) is 0 Å². The standard InChI is InChI=1S/C12H11BrN4OS/c13-8-3-1-2-7(4-8)5-10(18)16-12-9(11(14)19)6-15-17-12/h1-4,6H,5H2,(H2,14,19)(H2,15,16,17,18). The van der Waals surface area contributed by atoms with Crippen molar-refractivity contribution in [3.8, 4) is 0 Å². The number of aromatic nitrogens is 2. The zero-order chi connectivity index (χ0) is 13.8. The van der Waals surface area contributed by atoms with Gasteiger partial charge in [0.25, 0.3) is 0 Å². The van der Waals surface area contributed by atoms with Crippen molar-refractivity contribution in [2.24, 2.45) is 5.73 Å². The zero-order valence-electron chi connectivity index (χ0n) is 9.81. The van der Waals surface area contributed by atoms with E-state index in [0.717, 1.165) is 10.0 Å². The summed E-state index contributed by atoms with van der Waals surface area (Å²) in [7, 11) is 0. The second-order valence-electron chi connectivity index (χ2n) is 3.88. The number of nitrogens with two attached hydrogens (primary N) is 1. The van der Waals surface area contributed by atoms with Gasteiger partial charge in [-0.25, -0.2) is 0 Å². The average Bonchev–Trinajstić information content (AvgIpc) is 2.76. The summed E-state index contributed by atoms with van der Waals surface area (Å²) >= 11 is 8.23. The molecule has 0 fully saturated rings. The Hall–Kier alpha value is -1.73. The van der Waals surface area contributed by atoms with Gasteiger partial charge in [-0.3, -0.25) is 9.89 Å². The number of thiocarbonyl (C=S) groups is 1. The largest absolute Gasteiger partial charge is 0.389 e. The normalized spacial score (nSPS) is 10.2. The fourth-order valence-electron chi connectivity index (χ4n) is 1.58. The summed E-state index contributed by atoms with van der Waals surface area (Å²) in [5.41, 5.74) is 6.95. The Morgan fingerprint density at radius 2 is 2.32 bits per heavy atom. The van der Waals surface area contributed by atoms with Gasteiger partial charge in [0.2, 0.25) is 5.91 Å². The number of hydrogen-bond donors (Lipinski definition) is 3. The molecule has 19 heavy (non-hydrogen) atoms. The van der Waals surface area contributed by atoms with E-state index in [2.05, 4.69) is 31.4 Å². The van der Waals surface area contributed by atoms with E-state index < -0.39 is 0 Å². The van der Waals surface area contributed by atoms with Crippen molar-refractivity contribution < 1.29 is 4.79 Å². The lowest BCUT2D eigenvalue weighted by molar-refractivity contribution is -0.115. The molecule has 1 aromatic carbocycles. The highest BCUT2D eigenvalue weighted by molar-refractivity contribution is 9.10. The molecule has 0 atom stereocenters. The first-order valence-electron chi connectivity index (χ1n) is 5.43. The van der Waals surface area contributed by atoms with Gasteiger partial charge < -0.3 is 11.1 Å². The predicted octanol–water partition coefficient (Wildman–Crippen LogP) is 1.99. The molecule has 0 radical (unpaired) electrons. The van der Waals surface area contributed by atoms with E-state index in [9.17, 15) is 4.79 Å². The van der Waals surface area contributed by atoms with Crippen LogP contribution in [0.3, 0.4) is 0 Å². The fraction of sp³-hybridized carbons (Fsp3) is 0.0833. The minimum atomic E-state index is -0.167. The molecule has 5 nitrogen and oxygen atoms in total. The molecule has 7 heteroatoms. The third-order valence-electron chi connectivity index (χ3n) is 2.42. The number of aromatic amines is 1. The predicted molar refractivity (Wildman–Crippen MR) is 81.0 cm³/mol. The Morgan fingerprint density at radius 1 is 1.53 bits per heavy atom. The summed E-state index contributed by atoms with van der Waals surface area (Å²) in [5, 5.41) is 9.16. The van der Waals surface area contributed by atoms with Crippen molar-refractivity contribution >= 4 is 44.9 Å². The third kappa shape index (κ3) is 3.62. The van der Waals surface area contributed by atoms with Crippen LogP contribution in [-0.2, 0) is 11.2 Å². The minimum absolute atomic E-state index is 0.167. The Kier molecular flexibility index (Phi) is 4.28. The molecule has 98 valence electrons. The molecule has 0 bridgehead atoms. The van der Waals surface area contributed by atoms with E-state index in [4.69, 9.17) is 18.0 Å². The van der Waals surface area contributed by atoms with Crippen LogP contribution in [0.1, 0.15) is 11.1 Å². The van der Waals surface area contributed by atoms with Crippen molar-refractivity contribution in [3.05, 3.63) is 46.1 Å². The van der Waals surface area contributed by atoms with Gasteiger partial charge in [0.1, 0.15) is 10.8 Å². The first-order valence-corrected chi connectivity index (χ1v) is 6.64. The monoisotopic (exact) mass is 338 g/mol. The average molecular weight is 339 g/mol. The molecule has 1 aromatic heterocycles. The number of benzene rings is 1. The SMILES string of the molecule is NC(=S)c1cn[nH]c1NC(=O)Cc1cccc(Br)c1. The molecule has 0 spiro atoms. The lowest BCUT2D eigenvalue weighted by Gasteiger charge is -2.05. The quantitative estimate of drug-likeness (QED) is 0.744. The highest BCUT2D eigenvalue weighted by atomic mass is 79.9. The van der Waals surface area contributed by atoms with Crippen LogP contribution in [0.25, 0.3) is 0 Å². The van der Waals surface area contributed by atoms with Gasteiger partial charge in [-0.2, -0.15) is 5.10 Å². The molecule has 1 amide bonds. The van der Waals surface area contributed by atoms with Gasteiger partial charge in [-0.05, 0) is 17.7 Å². The molecule has 4 N–H and O–H groups in total. The molecule has 0 saturated heterocycles. The van der Waals surface area contributed by atoms with E-state index in [1.54, 1.807) is 0 Å². The highest BCUT2D eigenvalue weighted by Crippen LogP contribution is 2.14. The lowest BCUT2D eigenvalue weighted by atomic mass is 10.1. The van der Waals surface area contributed by atoms with Crippen molar-refractivity contribution in [1.82, 2.24) is 10.2 Å². The summed E-state index contributed by atoms with van der Waals surface area (Å²) in [5.74, 6) is 0.257. The van der Waals surface area contributed by atoms with Crippen molar-refractivity contribution in [1.29, 1.82) is 0 Å². The van der Waals surface area contributed by atoms with Crippen LogP contribution in [0.15, 0.2) is 34.9 Å². The molecule has 0 aliphatic carbocycles. The van der Waals surface area contributed by atoms with Crippen LogP contribution in [0, 0.1) is 0 Å². The topological polar surface area (TPSA) is 83.8 Å². The Labute approximate surface area is 123 Å². The summed E-state index contributed by atoms with van der Waals surface area (Å²) in [6.07, 6.45) is 1.74. The van der Waals surface area contributed by atoms with Crippen molar-refractivity contribution in [3.63, 3.8) is 0 Å². The molecule has 0 saturated carbocycles. The van der Waals surface area contributed by atoms with Gasteiger partial charge in [0.05, 0.1) is 18.2 Å². The molecule has 0 aliphatic heterocycles. The number of carbonyl (C=O) groups is 1. The van der Waals surface area contributed by atoms with E-state index in [1.807, 2.05) is 24.3 Å². The van der Waals surface area contributed by atoms with Crippen LogP contribution < -0.4 is 11.1 Å². The number of nitrogens with one attached hydrogen (secondary N) is 2. The molecule has 1 heterocycles. The molecule has 2 aromatic rings. The number of anilines is 1. The van der Waals surface area contributed by atoms with E-state index in [1.165, 1.54) is 6.20 Å². The maximum absolute atomic E-state index is 11.9. The number of nitrogens with zero attached hydrogens (tertiary/aromatic N) is 1. The Balaban J connectivity index is 2.05. The third-order valence-corrected chi connectivity index (χ3v) is 3.14. The maximum Gasteiger partial charge on any atom is 0.229 e. The van der Waals surface area contributed by atoms with Crippen molar-refractivity contribution in [2.45, 2.75) is 6.42 Å². The Morgan fingerprint density at radius 3 is 3.00 bits per heavy atom. The van der Waals surface area contributed by atoms with Gasteiger partial charge >= 0.3 is 0 Å². The Bertz CT molecular complexity index is 626. The van der Waals surface area contributed by atoms with E-state index in [-0.39, 0.29) is 17.3 Å². The van der Waals surface area contributed by atoms with E-state index >= 15 is 0 Å². The molecular formula is C12H11BrN4OS. The smallest absolute Gasteiger partial charge is 0.229 e. The highest BCUT2D eigenvalue weighted by Gasteiger charge is 2.11. The summed E-state index contributed by atoms with van der Waals surface area (Å²) in [6.45, 7) is 0. The molecule has 0 aliphatic rings. The number of rotatable bonds is 4. The minimum Gasteiger partial charge on any atom is -0.389 e.